The molecule has 1 aromatic heterocycles. The van der Waals surface area contributed by atoms with Gasteiger partial charge in [-0.05, 0) is 48.0 Å². The maximum Gasteiger partial charge on any atom is 0.122 e. The van der Waals surface area contributed by atoms with Crippen molar-refractivity contribution in [3.05, 3.63) is 58.5 Å². The fraction of sp³-hybridized carbons (Fsp3) is 0.400. The van der Waals surface area contributed by atoms with E-state index in [1.165, 1.54) is 11.3 Å². The maximum absolute atomic E-state index is 5.92. The third-order valence-corrected chi connectivity index (χ3v) is 4.78. The van der Waals surface area contributed by atoms with E-state index >= 15 is 0 Å². The van der Waals surface area contributed by atoms with Crippen LogP contribution in [0.15, 0.2) is 43.2 Å². The predicted molar refractivity (Wildman–Crippen MR) is 98.7 cm³/mol. The van der Waals surface area contributed by atoms with Crippen LogP contribution in [0.1, 0.15) is 48.9 Å². The van der Waals surface area contributed by atoms with Crippen LogP contribution in [0.2, 0.25) is 0 Å². The minimum atomic E-state index is 0.375. The van der Waals surface area contributed by atoms with Gasteiger partial charge in [-0.15, -0.1) is 11.3 Å². The van der Waals surface area contributed by atoms with Crippen molar-refractivity contribution in [3.8, 4) is 0 Å². The van der Waals surface area contributed by atoms with Crippen LogP contribution in [0.4, 0.5) is 0 Å². The first-order valence-electron chi connectivity index (χ1n) is 7.80. The van der Waals surface area contributed by atoms with E-state index < -0.39 is 0 Å². The van der Waals surface area contributed by atoms with Gasteiger partial charge in [-0.2, -0.15) is 0 Å². The molecule has 1 unspecified atom stereocenters. The van der Waals surface area contributed by atoms with E-state index in [-0.39, 0.29) is 0 Å². The molecule has 2 heteroatoms. The van der Waals surface area contributed by atoms with Crippen molar-refractivity contribution in [1.29, 1.82) is 0 Å². The van der Waals surface area contributed by atoms with Gasteiger partial charge < -0.3 is 4.74 Å². The second-order valence-corrected chi connectivity index (χ2v) is 8.12. The molecule has 0 saturated carbocycles. The van der Waals surface area contributed by atoms with Crippen molar-refractivity contribution in [3.63, 3.8) is 0 Å². The Kier molecular flexibility index (Phi) is 5.47. The summed E-state index contributed by atoms with van der Waals surface area (Å²) in [5, 5.41) is 0. The summed E-state index contributed by atoms with van der Waals surface area (Å²) in [4.78, 5) is 2.36. The lowest BCUT2D eigenvalue weighted by atomic mass is 9.82. The van der Waals surface area contributed by atoms with Gasteiger partial charge in [0, 0.05) is 9.75 Å². The topological polar surface area (TPSA) is 9.23 Å². The molecule has 0 radical (unpaired) electrons. The van der Waals surface area contributed by atoms with Crippen molar-refractivity contribution < 1.29 is 4.74 Å². The number of ether oxygens (including phenoxy) is 1. The monoisotopic (exact) mass is 314 g/mol. The van der Waals surface area contributed by atoms with E-state index in [4.69, 9.17) is 4.74 Å². The molecular weight excluding hydrogens is 288 g/mol. The average molecular weight is 314 g/mol. The summed E-state index contributed by atoms with van der Waals surface area (Å²) in [6.45, 7) is 15.2. The van der Waals surface area contributed by atoms with E-state index in [0.29, 0.717) is 17.9 Å². The first-order chi connectivity index (χ1) is 10.4. The molecule has 1 nitrogen and oxygen atoms in total. The van der Waals surface area contributed by atoms with Crippen LogP contribution >= 0.6 is 11.3 Å². The van der Waals surface area contributed by atoms with Crippen LogP contribution in [0.25, 0.3) is 12.2 Å². The van der Waals surface area contributed by atoms with Gasteiger partial charge in [0.2, 0.25) is 0 Å². The Bertz CT molecular complexity index is 570. The fourth-order valence-corrected chi connectivity index (χ4v) is 3.64. The molecule has 0 aromatic carbocycles. The highest BCUT2D eigenvalue weighted by molar-refractivity contribution is 7.13. The molecule has 1 atom stereocenters. The number of rotatable bonds is 6. The van der Waals surface area contributed by atoms with Gasteiger partial charge in [-0.1, -0.05) is 52.2 Å². The number of thiophene rings is 1. The average Bonchev–Trinajstić information content (AvgIpc) is 2.87. The molecule has 1 aromatic rings. The van der Waals surface area contributed by atoms with Crippen LogP contribution in [-0.4, -0.2) is 0 Å². The summed E-state index contributed by atoms with van der Waals surface area (Å²) in [5.74, 6) is 1.62. The Hall–Kier alpha value is -1.54. The summed E-state index contributed by atoms with van der Waals surface area (Å²) in [6.07, 6.45) is 12.7. The fourth-order valence-electron chi connectivity index (χ4n) is 2.71. The van der Waals surface area contributed by atoms with Gasteiger partial charge in [0.25, 0.3) is 0 Å². The van der Waals surface area contributed by atoms with E-state index in [2.05, 4.69) is 58.2 Å². The molecule has 0 saturated heterocycles. The SMILES string of the molecule is C=Cc1cc(COC2=CCC(CC(C)(C)C)C=C2)sc1C=C. The maximum atomic E-state index is 5.92. The van der Waals surface area contributed by atoms with Gasteiger partial charge in [0.15, 0.2) is 0 Å². The lowest BCUT2D eigenvalue weighted by molar-refractivity contribution is 0.209. The molecular formula is C20H26OS. The Morgan fingerprint density at radius 2 is 2.09 bits per heavy atom. The third-order valence-electron chi connectivity index (χ3n) is 3.66. The normalized spacial score (nSPS) is 18.0. The van der Waals surface area contributed by atoms with E-state index in [1.807, 2.05) is 12.2 Å². The van der Waals surface area contributed by atoms with Crippen molar-refractivity contribution in [2.45, 2.75) is 40.2 Å². The lowest BCUT2D eigenvalue weighted by Gasteiger charge is -2.25. The van der Waals surface area contributed by atoms with Gasteiger partial charge in [-0.3, -0.25) is 0 Å². The summed E-state index contributed by atoms with van der Waals surface area (Å²) < 4.78 is 5.92. The first kappa shape index (κ1) is 16.8. The Morgan fingerprint density at radius 1 is 1.32 bits per heavy atom. The Balaban J connectivity index is 1.88. The molecule has 0 aliphatic heterocycles. The summed E-state index contributed by atoms with van der Waals surface area (Å²) in [5.41, 5.74) is 1.51. The van der Waals surface area contributed by atoms with Crippen LogP contribution < -0.4 is 0 Å². The smallest absolute Gasteiger partial charge is 0.122 e. The number of allylic oxidation sites excluding steroid dienone is 3. The van der Waals surface area contributed by atoms with Crippen LogP contribution in [-0.2, 0) is 11.3 Å². The van der Waals surface area contributed by atoms with Crippen LogP contribution in [0.3, 0.4) is 0 Å². The summed E-state index contributed by atoms with van der Waals surface area (Å²) in [7, 11) is 0. The van der Waals surface area contributed by atoms with E-state index in [0.717, 1.165) is 22.6 Å². The molecule has 118 valence electrons. The molecule has 2 rings (SSSR count). The summed E-state index contributed by atoms with van der Waals surface area (Å²) in [6, 6.07) is 2.13. The zero-order chi connectivity index (χ0) is 16.2. The first-order valence-corrected chi connectivity index (χ1v) is 8.61. The number of hydrogen-bond acceptors (Lipinski definition) is 2. The quantitative estimate of drug-likeness (QED) is 0.586. The molecule has 22 heavy (non-hydrogen) atoms. The molecule has 0 bridgehead atoms. The number of hydrogen-bond donors (Lipinski definition) is 0. The second kappa shape index (κ2) is 7.15. The highest BCUT2D eigenvalue weighted by atomic mass is 32.1. The highest BCUT2D eigenvalue weighted by Crippen LogP contribution is 2.31. The minimum Gasteiger partial charge on any atom is -0.488 e. The van der Waals surface area contributed by atoms with Crippen molar-refractivity contribution >= 4 is 23.5 Å². The van der Waals surface area contributed by atoms with Crippen molar-refractivity contribution in [2.24, 2.45) is 11.3 Å². The zero-order valence-electron chi connectivity index (χ0n) is 13.9. The summed E-state index contributed by atoms with van der Waals surface area (Å²) >= 11 is 1.72. The third kappa shape index (κ3) is 4.74. The van der Waals surface area contributed by atoms with Gasteiger partial charge in [-0.25, -0.2) is 0 Å². The minimum absolute atomic E-state index is 0.375. The zero-order valence-corrected chi connectivity index (χ0v) is 14.7. The second-order valence-electron chi connectivity index (χ2n) is 6.96. The van der Waals surface area contributed by atoms with Crippen LogP contribution in [0, 0.1) is 11.3 Å². The van der Waals surface area contributed by atoms with Gasteiger partial charge >= 0.3 is 0 Å². The van der Waals surface area contributed by atoms with E-state index in [1.54, 1.807) is 11.3 Å². The Morgan fingerprint density at radius 3 is 2.59 bits per heavy atom. The van der Waals surface area contributed by atoms with Crippen molar-refractivity contribution in [1.82, 2.24) is 0 Å². The van der Waals surface area contributed by atoms with Gasteiger partial charge in [0.1, 0.15) is 12.4 Å². The van der Waals surface area contributed by atoms with Crippen LogP contribution in [0.5, 0.6) is 0 Å². The van der Waals surface area contributed by atoms with Gasteiger partial charge in [0.05, 0.1) is 0 Å². The Labute approximate surface area is 138 Å². The molecule has 1 heterocycles. The van der Waals surface area contributed by atoms with E-state index in [9.17, 15) is 0 Å². The lowest BCUT2D eigenvalue weighted by Crippen LogP contribution is -2.13. The molecule has 1 aliphatic carbocycles. The molecule has 0 spiro atoms. The molecule has 1 aliphatic rings. The molecule has 0 N–H and O–H groups in total. The largest absolute Gasteiger partial charge is 0.488 e. The molecule has 0 amide bonds. The molecule has 0 fully saturated rings. The van der Waals surface area contributed by atoms with Crippen molar-refractivity contribution in [2.75, 3.05) is 0 Å². The predicted octanol–water partition coefficient (Wildman–Crippen LogP) is 6.45. The standard InChI is InChI=1S/C20H26OS/c1-6-16-12-18(22-19(16)7-2)14-21-17-10-8-15(9-11-17)13-20(3,4)5/h6-8,10-12,15H,1-2,9,13-14H2,3-5H3. The highest BCUT2D eigenvalue weighted by Gasteiger charge is 2.18.